The van der Waals surface area contributed by atoms with Crippen molar-refractivity contribution < 1.29 is 22.7 Å². The number of nitrogens with one attached hydrogen (secondary N) is 2. The predicted molar refractivity (Wildman–Crippen MR) is 85.0 cm³/mol. The van der Waals surface area contributed by atoms with E-state index in [-0.39, 0.29) is 29.4 Å². The highest BCUT2D eigenvalue weighted by Crippen LogP contribution is 2.23. The van der Waals surface area contributed by atoms with E-state index in [1.54, 1.807) is 12.1 Å². The Morgan fingerprint density at radius 2 is 2.09 bits per heavy atom. The lowest BCUT2D eigenvalue weighted by atomic mass is 10.1. The van der Waals surface area contributed by atoms with Crippen LogP contribution in [0, 0.1) is 5.92 Å². The molecule has 9 heteroatoms. The van der Waals surface area contributed by atoms with Crippen LogP contribution in [0.25, 0.3) is 0 Å². The highest BCUT2D eigenvalue weighted by atomic mass is 35.5. The van der Waals surface area contributed by atoms with E-state index in [0.29, 0.717) is 17.2 Å². The van der Waals surface area contributed by atoms with E-state index in [1.165, 1.54) is 13.2 Å². The van der Waals surface area contributed by atoms with Gasteiger partial charge >= 0.3 is 0 Å². The second-order valence-corrected chi connectivity index (χ2v) is 7.99. The maximum absolute atomic E-state index is 12.1. The van der Waals surface area contributed by atoms with Gasteiger partial charge in [-0.3, -0.25) is 20.4 Å². The van der Waals surface area contributed by atoms with Gasteiger partial charge in [0, 0.05) is 11.4 Å². The summed E-state index contributed by atoms with van der Waals surface area (Å²) >= 11 is 5.84. The summed E-state index contributed by atoms with van der Waals surface area (Å²) < 4.78 is 27.8. The van der Waals surface area contributed by atoms with Gasteiger partial charge in [0.1, 0.15) is 5.75 Å². The van der Waals surface area contributed by atoms with Gasteiger partial charge in [0.2, 0.25) is 5.91 Å². The number of carbonyl (C=O) groups is 2. The summed E-state index contributed by atoms with van der Waals surface area (Å²) in [6.45, 7) is 0. The highest BCUT2D eigenvalue weighted by Gasteiger charge is 2.29. The van der Waals surface area contributed by atoms with Crippen LogP contribution in [0.5, 0.6) is 5.75 Å². The Hall–Kier alpha value is -1.80. The molecule has 1 aliphatic heterocycles. The fraction of sp³-hybridized carbons (Fsp3) is 0.429. The molecule has 1 aromatic carbocycles. The summed E-state index contributed by atoms with van der Waals surface area (Å²) in [4.78, 5) is 23.9. The average Bonchev–Trinajstić information content (AvgIpc) is 2.83. The van der Waals surface area contributed by atoms with Crippen LogP contribution >= 0.6 is 11.6 Å². The first kappa shape index (κ1) is 17.6. The molecule has 0 radical (unpaired) electrons. The van der Waals surface area contributed by atoms with Crippen LogP contribution in [0.15, 0.2) is 18.2 Å². The summed E-state index contributed by atoms with van der Waals surface area (Å²) in [7, 11) is -1.61. The van der Waals surface area contributed by atoms with Crippen molar-refractivity contribution in [2.45, 2.75) is 12.8 Å². The van der Waals surface area contributed by atoms with Gasteiger partial charge in [0.05, 0.1) is 24.2 Å². The van der Waals surface area contributed by atoms with E-state index < -0.39 is 21.7 Å². The first-order valence-electron chi connectivity index (χ1n) is 6.94. The maximum Gasteiger partial charge on any atom is 0.273 e. The summed E-state index contributed by atoms with van der Waals surface area (Å²) in [5.41, 5.74) is 4.73. The molecule has 0 aromatic heterocycles. The number of hydrogen-bond acceptors (Lipinski definition) is 5. The number of benzene rings is 1. The molecule has 2 amide bonds. The van der Waals surface area contributed by atoms with Gasteiger partial charge in [-0.05, 0) is 30.5 Å². The van der Waals surface area contributed by atoms with Crippen LogP contribution in [0.4, 0.5) is 0 Å². The van der Waals surface area contributed by atoms with Gasteiger partial charge in [0.25, 0.3) is 5.91 Å². The Morgan fingerprint density at radius 3 is 2.70 bits per heavy atom. The van der Waals surface area contributed by atoms with Crippen LogP contribution in [-0.2, 0) is 14.6 Å². The van der Waals surface area contributed by atoms with Gasteiger partial charge in [0.15, 0.2) is 9.84 Å². The van der Waals surface area contributed by atoms with Crippen molar-refractivity contribution >= 4 is 33.3 Å². The smallest absolute Gasteiger partial charge is 0.273 e. The number of hydrogen-bond donors (Lipinski definition) is 2. The second-order valence-electron chi connectivity index (χ2n) is 5.32. The molecular formula is C14H17ClN2O5S. The lowest BCUT2D eigenvalue weighted by molar-refractivity contribution is -0.122. The predicted octanol–water partition coefficient (Wildman–Crippen LogP) is 0.934. The Kier molecular flexibility index (Phi) is 5.48. The minimum Gasteiger partial charge on any atom is -0.496 e. The van der Waals surface area contributed by atoms with Gasteiger partial charge in [-0.1, -0.05) is 11.6 Å². The minimum atomic E-state index is -3.03. The third-order valence-electron chi connectivity index (χ3n) is 3.52. The van der Waals surface area contributed by atoms with Crippen molar-refractivity contribution in [1.29, 1.82) is 0 Å². The van der Waals surface area contributed by atoms with E-state index in [4.69, 9.17) is 16.3 Å². The zero-order valence-corrected chi connectivity index (χ0v) is 14.0. The molecule has 0 bridgehead atoms. The van der Waals surface area contributed by atoms with Gasteiger partial charge in [-0.2, -0.15) is 0 Å². The molecule has 7 nitrogen and oxygen atoms in total. The number of rotatable bonds is 4. The number of carbonyl (C=O) groups excluding carboxylic acids is 2. The lowest BCUT2D eigenvalue weighted by Crippen LogP contribution is -2.42. The van der Waals surface area contributed by atoms with Gasteiger partial charge in [-0.15, -0.1) is 0 Å². The highest BCUT2D eigenvalue weighted by molar-refractivity contribution is 7.91. The van der Waals surface area contributed by atoms with Crippen LogP contribution < -0.4 is 15.6 Å². The number of hydrazine groups is 1. The Bertz CT molecular complexity index is 720. The fourth-order valence-electron chi connectivity index (χ4n) is 2.40. The number of ether oxygens (including phenoxy) is 1. The molecule has 1 heterocycles. The molecule has 2 N–H and O–H groups in total. The van der Waals surface area contributed by atoms with Crippen LogP contribution in [0.3, 0.4) is 0 Å². The van der Waals surface area contributed by atoms with Crippen molar-refractivity contribution in [2.75, 3.05) is 18.6 Å². The first-order chi connectivity index (χ1) is 10.8. The summed E-state index contributed by atoms with van der Waals surface area (Å²) in [6, 6.07) is 4.55. The molecule has 0 unspecified atom stereocenters. The van der Waals surface area contributed by atoms with Crippen molar-refractivity contribution in [3.8, 4) is 5.75 Å². The third kappa shape index (κ3) is 4.84. The van der Waals surface area contributed by atoms with E-state index in [9.17, 15) is 18.0 Å². The zero-order valence-electron chi connectivity index (χ0n) is 12.5. The minimum absolute atomic E-state index is 0.0104. The van der Waals surface area contributed by atoms with Crippen LogP contribution in [-0.4, -0.2) is 38.8 Å². The van der Waals surface area contributed by atoms with Crippen LogP contribution in [0.2, 0.25) is 5.02 Å². The fourth-order valence-corrected chi connectivity index (χ4v) is 4.43. The lowest BCUT2D eigenvalue weighted by Gasteiger charge is -2.12. The third-order valence-corrected chi connectivity index (χ3v) is 5.59. The molecule has 1 aromatic rings. The SMILES string of the molecule is COc1ccc(Cl)cc1C(=O)NNC(=O)C[C@@H]1CCS(=O)(=O)C1. The molecule has 1 atom stereocenters. The standard InChI is InChI=1S/C14H17ClN2O5S/c1-22-12-3-2-10(15)7-11(12)14(19)17-16-13(18)6-9-4-5-23(20,21)8-9/h2-3,7,9H,4-6,8H2,1H3,(H,16,18)(H,17,19)/t9-/m0/s1. The monoisotopic (exact) mass is 360 g/mol. The molecule has 0 aliphatic carbocycles. The van der Waals surface area contributed by atoms with Gasteiger partial charge in [-0.25, -0.2) is 8.42 Å². The van der Waals surface area contributed by atoms with Crippen molar-refractivity contribution in [3.05, 3.63) is 28.8 Å². The van der Waals surface area contributed by atoms with E-state index in [0.717, 1.165) is 0 Å². The summed E-state index contributed by atoms with van der Waals surface area (Å²) in [5, 5.41) is 0.360. The van der Waals surface area contributed by atoms with Crippen LogP contribution in [0.1, 0.15) is 23.2 Å². The second kappa shape index (κ2) is 7.18. The Balaban J connectivity index is 1.89. The normalized spacial score (nSPS) is 19.1. The molecular weight excluding hydrogens is 344 g/mol. The van der Waals surface area contributed by atoms with Crippen molar-refractivity contribution in [2.24, 2.45) is 5.92 Å². The van der Waals surface area contributed by atoms with Crippen molar-refractivity contribution in [3.63, 3.8) is 0 Å². The Labute approximate surface area is 139 Å². The molecule has 0 saturated carbocycles. The van der Waals surface area contributed by atoms with E-state index in [2.05, 4.69) is 10.9 Å². The molecule has 2 rings (SSSR count). The molecule has 1 aliphatic rings. The quantitative estimate of drug-likeness (QED) is 0.778. The largest absolute Gasteiger partial charge is 0.496 e. The first-order valence-corrected chi connectivity index (χ1v) is 9.14. The summed E-state index contributed by atoms with van der Waals surface area (Å²) in [6.07, 6.45) is 0.512. The van der Waals surface area contributed by atoms with Crippen molar-refractivity contribution in [1.82, 2.24) is 10.9 Å². The average molecular weight is 361 g/mol. The van der Waals surface area contributed by atoms with E-state index in [1.807, 2.05) is 0 Å². The molecule has 0 spiro atoms. The Morgan fingerprint density at radius 1 is 1.35 bits per heavy atom. The molecule has 1 saturated heterocycles. The molecule has 23 heavy (non-hydrogen) atoms. The number of sulfone groups is 1. The maximum atomic E-state index is 12.1. The van der Waals surface area contributed by atoms with E-state index >= 15 is 0 Å². The number of amides is 2. The number of methoxy groups -OCH3 is 1. The topological polar surface area (TPSA) is 102 Å². The molecule has 1 fully saturated rings. The number of halogens is 1. The zero-order chi connectivity index (χ0) is 17.0. The summed E-state index contributed by atoms with van der Waals surface area (Å²) in [5.74, 6) is -0.785. The van der Waals surface area contributed by atoms with Gasteiger partial charge < -0.3 is 4.74 Å². The molecule has 126 valence electrons.